The Hall–Kier alpha value is -1.32. The summed E-state index contributed by atoms with van der Waals surface area (Å²) in [7, 11) is 0. The summed E-state index contributed by atoms with van der Waals surface area (Å²) in [4.78, 5) is 23.8. The van der Waals surface area contributed by atoms with Crippen molar-refractivity contribution in [1.82, 2.24) is 0 Å². The van der Waals surface area contributed by atoms with Crippen LogP contribution in [0, 0.1) is 17.3 Å². The predicted molar refractivity (Wildman–Crippen MR) is 79.7 cm³/mol. The van der Waals surface area contributed by atoms with Crippen molar-refractivity contribution in [3.8, 4) is 0 Å². The lowest BCUT2D eigenvalue weighted by Crippen LogP contribution is -2.54. The van der Waals surface area contributed by atoms with Gasteiger partial charge in [0.25, 0.3) is 0 Å². The topological polar surface area (TPSA) is 63.6 Å². The fourth-order valence-electron chi connectivity index (χ4n) is 4.51. The minimum Gasteiger partial charge on any atom is -0.481 e. The Labute approximate surface area is 126 Å². The molecule has 2 bridgehead atoms. The molecule has 4 unspecified atom stereocenters. The lowest BCUT2D eigenvalue weighted by Gasteiger charge is -2.52. The minimum atomic E-state index is -0.752. The van der Waals surface area contributed by atoms with E-state index < -0.39 is 17.0 Å². The van der Waals surface area contributed by atoms with Crippen molar-refractivity contribution >= 4 is 11.9 Å². The van der Waals surface area contributed by atoms with Gasteiger partial charge in [-0.2, -0.15) is 0 Å². The first kappa shape index (κ1) is 16.1. The van der Waals surface area contributed by atoms with Crippen LogP contribution in [0.4, 0.5) is 0 Å². The number of esters is 1. The van der Waals surface area contributed by atoms with Crippen LogP contribution in [0.15, 0.2) is 12.2 Å². The van der Waals surface area contributed by atoms with Crippen LogP contribution in [0.5, 0.6) is 0 Å². The van der Waals surface area contributed by atoms with Crippen molar-refractivity contribution in [1.29, 1.82) is 0 Å². The molecule has 0 spiro atoms. The van der Waals surface area contributed by atoms with Gasteiger partial charge in [0.15, 0.2) is 0 Å². The molecule has 0 aromatic heterocycles. The van der Waals surface area contributed by atoms with Crippen molar-refractivity contribution in [3.63, 3.8) is 0 Å². The van der Waals surface area contributed by atoms with E-state index in [9.17, 15) is 14.7 Å². The van der Waals surface area contributed by atoms with Gasteiger partial charge in [-0.25, -0.2) is 4.79 Å². The number of aliphatic carboxylic acids is 1. The maximum absolute atomic E-state index is 12.0. The van der Waals surface area contributed by atoms with Gasteiger partial charge in [-0.15, -0.1) is 0 Å². The second kappa shape index (κ2) is 5.47. The van der Waals surface area contributed by atoms with Gasteiger partial charge >= 0.3 is 11.9 Å². The van der Waals surface area contributed by atoms with Crippen molar-refractivity contribution in [2.75, 3.05) is 0 Å². The molecule has 1 N–H and O–H groups in total. The Morgan fingerprint density at radius 1 is 1.33 bits per heavy atom. The zero-order chi connectivity index (χ0) is 15.8. The maximum Gasteiger partial charge on any atom is 0.333 e. The molecule has 2 aliphatic rings. The highest BCUT2D eigenvalue weighted by Crippen LogP contribution is 2.55. The third-order valence-electron chi connectivity index (χ3n) is 5.24. The van der Waals surface area contributed by atoms with Crippen LogP contribution in [0.25, 0.3) is 0 Å². The third kappa shape index (κ3) is 2.99. The van der Waals surface area contributed by atoms with Crippen LogP contribution in [-0.2, 0) is 14.3 Å². The molecule has 21 heavy (non-hydrogen) atoms. The Morgan fingerprint density at radius 3 is 2.52 bits per heavy atom. The molecular weight excluding hydrogens is 268 g/mol. The van der Waals surface area contributed by atoms with E-state index in [4.69, 9.17) is 4.74 Å². The van der Waals surface area contributed by atoms with E-state index in [1.54, 1.807) is 6.92 Å². The van der Waals surface area contributed by atoms with Gasteiger partial charge in [0, 0.05) is 12.0 Å². The molecule has 0 amide bonds. The maximum atomic E-state index is 12.0. The van der Waals surface area contributed by atoms with Crippen molar-refractivity contribution in [3.05, 3.63) is 12.2 Å². The average Bonchev–Trinajstić information content (AvgIpc) is 2.36. The molecule has 2 aliphatic carbocycles. The number of carboxylic acids is 1. The summed E-state index contributed by atoms with van der Waals surface area (Å²) in [5, 5.41) is 9.71. The number of ether oxygens (including phenoxy) is 1. The van der Waals surface area contributed by atoms with Crippen molar-refractivity contribution < 1.29 is 19.4 Å². The number of hydrogen-bond acceptors (Lipinski definition) is 3. The second-order valence-electron chi connectivity index (χ2n) is 7.29. The summed E-state index contributed by atoms with van der Waals surface area (Å²) in [5.41, 5.74) is -0.995. The lowest BCUT2D eigenvalue weighted by atomic mass is 9.56. The quantitative estimate of drug-likeness (QED) is 0.636. The van der Waals surface area contributed by atoms with E-state index in [-0.39, 0.29) is 5.97 Å². The fourth-order valence-corrected chi connectivity index (χ4v) is 4.51. The molecule has 2 saturated carbocycles. The summed E-state index contributed by atoms with van der Waals surface area (Å²) in [5.74, 6) is -0.345. The Morgan fingerprint density at radius 2 is 2.00 bits per heavy atom. The number of fused-ring (bicyclic) bond motifs is 2. The number of carbonyl (C=O) groups excluding carboxylic acids is 1. The predicted octanol–water partition coefficient (Wildman–Crippen LogP) is 3.56. The zero-order valence-corrected chi connectivity index (χ0v) is 13.3. The largest absolute Gasteiger partial charge is 0.481 e. The molecule has 0 aromatic carbocycles. The fraction of sp³-hybridized carbons (Fsp3) is 0.765. The van der Waals surface area contributed by atoms with Gasteiger partial charge in [-0.05, 0) is 50.9 Å². The molecule has 0 aliphatic heterocycles. The van der Waals surface area contributed by atoms with Crippen LogP contribution >= 0.6 is 0 Å². The van der Waals surface area contributed by atoms with Crippen LogP contribution in [-0.4, -0.2) is 22.6 Å². The van der Waals surface area contributed by atoms with Gasteiger partial charge in [0.1, 0.15) is 5.60 Å². The highest BCUT2D eigenvalue weighted by atomic mass is 16.6. The van der Waals surface area contributed by atoms with Crippen LogP contribution in [0.3, 0.4) is 0 Å². The summed E-state index contributed by atoms with van der Waals surface area (Å²) in [6, 6.07) is 0. The van der Waals surface area contributed by atoms with Gasteiger partial charge in [0.05, 0.1) is 5.41 Å². The minimum absolute atomic E-state index is 0.330. The molecule has 0 saturated heterocycles. The first-order valence-electron chi connectivity index (χ1n) is 7.84. The molecule has 0 radical (unpaired) electrons. The first-order chi connectivity index (χ1) is 9.72. The number of carboxylic acid groups (broad SMARTS) is 1. The number of rotatable bonds is 4. The summed E-state index contributed by atoms with van der Waals surface area (Å²) < 4.78 is 5.79. The smallest absolute Gasteiger partial charge is 0.333 e. The van der Waals surface area contributed by atoms with E-state index in [2.05, 4.69) is 13.5 Å². The lowest BCUT2D eigenvalue weighted by molar-refractivity contribution is -0.188. The van der Waals surface area contributed by atoms with E-state index in [0.717, 1.165) is 19.3 Å². The Bertz CT molecular complexity index is 465. The summed E-state index contributed by atoms with van der Waals surface area (Å²) in [6.45, 7) is 9.36. The molecule has 4 nitrogen and oxygen atoms in total. The second-order valence-corrected chi connectivity index (χ2v) is 7.29. The molecule has 2 fully saturated rings. The van der Waals surface area contributed by atoms with Crippen molar-refractivity contribution in [2.45, 2.75) is 64.9 Å². The van der Waals surface area contributed by atoms with Crippen LogP contribution in [0.1, 0.15) is 59.3 Å². The molecule has 118 valence electrons. The summed E-state index contributed by atoms with van der Waals surface area (Å²) in [6.07, 6.45) is 4.31. The number of hydrogen-bond donors (Lipinski definition) is 1. The average molecular weight is 294 g/mol. The Balaban J connectivity index is 2.33. The molecular formula is C17H26O4. The molecule has 4 heteroatoms. The monoisotopic (exact) mass is 294 g/mol. The first-order valence-corrected chi connectivity index (χ1v) is 7.84. The SMILES string of the molecule is C=C(C)C(=O)OC12CC(C)CC(C1)CC(CC)(C(=O)O)C2. The van der Waals surface area contributed by atoms with Crippen LogP contribution in [0.2, 0.25) is 0 Å². The van der Waals surface area contributed by atoms with Crippen molar-refractivity contribution in [2.24, 2.45) is 17.3 Å². The number of carbonyl (C=O) groups is 2. The molecule has 4 atom stereocenters. The van der Waals surface area contributed by atoms with E-state index >= 15 is 0 Å². The van der Waals surface area contributed by atoms with E-state index in [1.807, 2.05) is 6.92 Å². The van der Waals surface area contributed by atoms with E-state index in [0.29, 0.717) is 36.7 Å². The van der Waals surface area contributed by atoms with Gasteiger partial charge in [-0.1, -0.05) is 20.4 Å². The Kier molecular flexibility index (Phi) is 4.18. The summed E-state index contributed by atoms with van der Waals surface area (Å²) >= 11 is 0. The zero-order valence-electron chi connectivity index (χ0n) is 13.3. The normalized spacial score (nSPS) is 38.6. The van der Waals surface area contributed by atoms with Gasteiger partial charge in [-0.3, -0.25) is 4.79 Å². The third-order valence-corrected chi connectivity index (χ3v) is 5.24. The van der Waals surface area contributed by atoms with Gasteiger partial charge < -0.3 is 9.84 Å². The van der Waals surface area contributed by atoms with Crippen LogP contribution < -0.4 is 0 Å². The van der Waals surface area contributed by atoms with E-state index in [1.165, 1.54) is 0 Å². The molecule has 2 rings (SSSR count). The molecule has 0 aromatic rings. The molecule has 0 heterocycles. The van der Waals surface area contributed by atoms with Gasteiger partial charge in [0.2, 0.25) is 0 Å². The highest BCUT2D eigenvalue weighted by Gasteiger charge is 2.56. The highest BCUT2D eigenvalue weighted by molar-refractivity contribution is 5.87. The standard InChI is InChI=1S/C17H26O4/c1-5-16(15(19)20)8-13-6-12(4)7-17(9-13,10-16)21-14(18)11(2)3/h12-13H,2,5-10H2,1,3-4H3,(H,19,20).